The van der Waals surface area contributed by atoms with Gasteiger partial charge >= 0.3 is 5.97 Å². The first-order chi connectivity index (χ1) is 11.3. The normalized spacial score (nSPS) is 17.8. The molecular weight excluding hydrogens is 292 g/mol. The Morgan fingerprint density at radius 2 is 2.26 bits per heavy atom. The highest BCUT2D eigenvalue weighted by molar-refractivity contribution is 5.89. The van der Waals surface area contributed by atoms with Crippen molar-refractivity contribution >= 4 is 11.8 Å². The zero-order valence-corrected chi connectivity index (χ0v) is 13.2. The van der Waals surface area contributed by atoms with E-state index in [1.807, 2.05) is 12.1 Å². The fourth-order valence-corrected chi connectivity index (χ4v) is 2.88. The van der Waals surface area contributed by atoms with Crippen molar-refractivity contribution in [3.05, 3.63) is 48.2 Å². The minimum Gasteiger partial charge on any atom is -0.462 e. The van der Waals surface area contributed by atoms with E-state index in [2.05, 4.69) is 19.9 Å². The van der Waals surface area contributed by atoms with E-state index in [0.717, 1.165) is 37.4 Å². The number of anilines is 1. The summed E-state index contributed by atoms with van der Waals surface area (Å²) >= 11 is 0. The molecule has 6 nitrogen and oxygen atoms in total. The SMILES string of the molecule is CCOC(=O)c1ccc(N2CCCC(c3ccncn3)C2)nc1. The van der Waals surface area contributed by atoms with Gasteiger partial charge in [-0.05, 0) is 38.0 Å². The summed E-state index contributed by atoms with van der Waals surface area (Å²) in [7, 11) is 0. The molecule has 3 heterocycles. The predicted molar refractivity (Wildman–Crippen MR) is 86.4 cm³/mol. The van der Waals surface area contributed by atoms with Gasteiger partial charge < -0.3 is 9.64 Å². The van der Waals surface area contributed by atoms with Crippen molar-refractivity contribution in [3.63, 3.8) is 0 Å². The molecule has 1 atom stereocenters. The summed E-state index contributed by atoms with van der Waals surface area (Å²) in [6.45, 7) is 4.00. The predicted octanol–water partition coefficient (Wildman–Crippen LogP) is 2.43. The topological polar surface area (TPSA) is 68.2 Å². The van der Waals surface area contributed by atoms with Gasteiger partial charge in [0, 0.05) is 37.1 Å². The van der Waals surface area contributed by atoms with Crippen molar-refractivity contribution in [2.24, 2.45) is 0 Å². The Morgan fingerprint density at radius 1 is 1.35 bits per heavy atom. The molecule has 0 bridgehead atoms. The van der Waals surface area contributed by atoms with Gasteiger partial charge in [-0.15, -0.1) is 0 Å². The molecule has 0 aromatic carbocycles. The average Bonchev–Trinajstić information content (AvgIpc) is 2.63. The van der Waals surface area contributed by atoms with E-state index < -0.39 is 0 Å². The van der Waals surface area contributed by atoms with E-state index in [1.54, 1.807) is 31.7 Å². The van der Waals surface area contributed by atoms with Crippen LogP contribution in [0.4, 0.5) is 5.82 Å². The molecular formula is C17H20N4O2. The molecule has 1 saturated heterocycles. The van der Waals surface area contributed by atoms with Crippen molar-refractivity contribution in [2.75, 3.05) is 24.6 Å². The van der Waals surface area contributed by atoms with Crippen molar-refractivity contribution < 1.29 is 9.53 Å². The Bertz CT molecular complexity index is 645. The van der Waals surface area contributed by atoms with Gasteiger partial charge in [0.2, 0.25) is 0 Å². The Balaban J connectivity index is 1.70. The Labute approximate surface area is 135 Å². The van der Waals surface area contributed by atoms with E-state index in [1.165, 1.54) is 0 Å². The molecule has 0 N–H and O–H groups in total. The van der Waals surface area contributed by atoms with Crippen LogP contribution in [0.5, 0.6) is 0 Å². The van der Waals surface area contributed by atoms with Gasteiger partial charge in [-0.2, -0.15) is 0 Å². The van der Waals surface area contributed by atoms with Crippen LogP contribution in [-0.4, -0.2) is 40.6 Å². The summed E-state index contributed by atoms with van der Waals surface area (Å²) in [4.78, 5) is 26.7. The average molecular weight is 312 g/mol. The third-order valence-electron chi connectivity index (χ3n) is 4.03. The summed E-state index contributed by atoms with van der Waals surface area (Å²) < 4.78 is 4.98. The summed E-state index contributed by atoms with van der Waals surface area (Å²) in [5, 5.41) is 0. The molecule has 0 amide bonds. The molecule has 6 heteroatoms. The fraction of sp³-hybridized carbons (Fsp3) is 0.412. The van der Waals surface area contributed by atoms with E-state index in [0.29, 0.717) is 18.1 Å². The number of piperidine rings is 1. The van der Waals surface area contributed by atoms with E-state index in [-0.39, 0.29) is 5.97 Å². The van der Waals surface area contributed by atoms with Crippen LogP contribution in [0, 0.1) is 0 Å². The third kappa shape index (κ3) is 3.64. The minimum atomic E-state index is -0.330. The molecule has 0 aliphatic carbocycles. The molecule has 120 valence electrons. The number of rotatable bonds is 4. The third-order valence-corrected chi connectivity index (χ3v) is 4.03. The van der Waals surface area contributed by atoms with Gasteiger partial charge in [-0.25, -0.2) is 19.7 Å². The van der Waals surface area contributed by atoms with Gasteiger partial charge in [0.1, 0.15) is 12.1 Å². The highest BCUT2D eigenvalue weighted by Crippen LogP contribution is 2.27. The van der Waals surface area contributed by atoms with Gasteiger partial charge in [0.05, 0.1) is 12.2 Å². The largest absolute Gasteiger partial charge is 0.462 e. The van der Waals surface area contributed by atoms with Crippen LogP contribution < -0.4 is 4.90 Å². The minimum absolute atomic E-state index is 0.330. The summed E-state index contributed by atoms with van der Waals surface area (Å²) in [5.41, 5.74) is 1.56. The number of ether oxygens (including phenoxy) is 1. The summed E-state index contributed by atoms with van der Waals surface area (Å²) in [6, 6.07) is 5.63. The molecule has 2 aromatic rings. The molecule has 0 saturated carbocycles. The second-order valence-electron chi connectivity index (χ2n) is 5.54. The molecule has 3 rings (SSSR count). The monoisotopic (exact) mass is 312 g/mol. The number of esters is 1. The molecule has 1 fully saturated rings. The maximum Gasteiger partial charge on any atom is 0.339 e. The maximum atomic E-state index is 11.7. The van der Waals surface area contributed by atoms with Gasteiger partial charge in [0.15, 0.2) is 0 Å². The second-order valence-corrected chi connectivity index (χ2v) is 5.54. The van der Waals surface area contributed by atoms with Crippen LogP contribution in [0.15, 0.2) is 36.9 Å². The summed E-state index contributed by atoms with van der Waals surface area (Å²) in [6.07, 6.45) is 7.18. The second kappa shape index (κ2) is 7.17. The van der Waals surface area contributed by atoms with Crippen molar-refractivity contribution in [3.8, 4) is 0 Å². The number of pyridine rings is 1. The van der Waals surface area contributed by atoms with E-state index in [4.69, 9.17) is 4.74 Å². The van der Waals surface area contributed by atoms with Gasteiger partial charge in [-0.1, -0.05) is 0 Å². The quantitative estimate of drug-likeness (QED) is 0.808. The first kappa shape index (κ1) is 15.4. The number of hydrogen-bond acceptors (Lipinski definition) is 6. The molecule has 23 heavy (non-hydrogen) atoms. The number of aromatic nitrogens is 3. The number of carbonyl (C=O) groups is 1. The Kier molecular flexibility index (Phi) is 4.80. The number of nitrogens with zero attached hydrogens (tertiary/aromatic N) is 4. The summed E-state index contributed by atoms with van der Waals surface area (Å²) in [5.74, 6) is 0.944. The van der Waals surface area contributed by atoms with Crippen molar-refractivity contribution in [2.45, 2.75) is 25.7 Å². The molecule has 1 unspecified atom stereocenters. The first-order valence-corrected chi connectivity index (χ1v) is 7.92. The molecule has 2 aromatic heterocycles. The highest BCUT2D eigenvalue weighted by Gasteiger charge is 2.23. The van der Waals surface area contributed by atoms with Crippen LogP contribution in [-0.2, 0) is 4.74 Å². The lowest BCUT2D eigenvalue weighted by molar-refractivity contribution is 0.0526. The molecule has 1 aliphatic rings. The van der Waals surface area contributed by atoms with Crippen LogP contribution >= 0.6 is 0 Å². The highest BCUT2D eigenvalue weighted by atomic mass is 16.5. The zero-order chi connectivity index (χ0) is 16.1. The molecule has 0 spiro atoms. The van der Waals surface area contributed by atoms with Crippen LogP contribution in [0.2, 0.25) is 0 Å². The molecule has 1 aliphatic heterocycles. The van der Waals surface area contributed by atoms with E-state index in [9.17, 15) is 4.79 Å². The van der Waals surface area contributed by atoms with Crippen LogP contribution in [0.25, 0.3) is 0 Å². The van der Waals surface area contributed by atoms with Crippen molar-refractivity contribution in [1.82, 2.24) is 15.0 Å². The first-order valence-electron chi connectivity index (χ1n) is 7.92. The van der Waals surface area contributed by atoms with E-state index >= 15 is 0 Å². The lowest BCUT2D eigenvalue weighted by atomic mass is 9.94. The lowest BCUT2D eigenvalue weighted by Crippen LogP contribution is -2.35. The Hall–Kier alpha value is -2.50. The Morgan fingerprint density at radius 3 is 2.96 bits per heavy atom. The van der Waals surface area contributed by atoms with Gasteiger partial charge in [0.25, 0.3) is 0 Å². The number of carbonyl (C=O) groups excluding carboxylic acids is 1. The van der Waals surface area contributed by atoms with Crippen LogP contribution in [0.1, 0.15) is 41.7 Å². The van der Waals surface area contributed by atoms with Gasteiger partial charge in [-0.3, -0.25) is 0 Å². The van der Waals surface area contributed by atoms with Crippen molar-refractivity contribution in [1.29, 1.82) is 0 Å². The smallest absolute Gasteiger partial charge is 0.339 e. The fourth-order valence-electron chi connectivity index (χ4n) is 2.88. The lowest BCUT2D eigenvalue weighted by Gasteiger charge is -2.33. The zero-order valence-electron chi connectivity index (χ0n) is 13.2. The molecule has 0 radical (unpaired) electrons. The van der Waals surface area contributed by atoms with Crippen LogP contribution in [0.3, 0.4) is 0 Å². The standard InChI is InChI=1S/C17H20N4O2/c1-2-23-17(22)13-5-6-16(19-10-13)21-9-3-4-14(11-21)15-7-8-18-12-20-15/h5-8,10,12,14H,2-4,9,11H2,1H3. The maximum absolute atomic E-state index is 11.7. The number of hydrogen-bond donors (Lipinski definition) is 0.